The van der Waals surface area contributed by atoms with Gasteiger partial charge in [0.2, 0.25) is 5.91 Å². The first-order valence-corrected chi connectivity index (χ1v) is 9.37. The zero-order valence-electron chi connectivity index (χ0n) is 15.7. The smallest absolute Gasteiger partial charge is 0.317 e. The Morgan fingerprint density at radius 3 is 2.58 bits per heavy atom. The lowest BCUT2D eigenvalue weighted by Crippen LogP contribution is -2.44. The standard InChI is InChI=1S/C20H29N3O3/c1-22(2)18(24)17-14-23(15-20(17)9-12-26-13-10-20)19(25)21-11-8-16-6-4-3-5-7-16/h3-7,17H,8-15H2,1-2H3,(H,21,25). The molecule has 1 aromatic rings. The number of nitrogens with zero attached hydrogens (tertiary/aromatic N) is 2. The molecule has 26 heavy (non-hydrogen) atoms. The highest BCUT2D eigenvalue weighted by Gasteiger charge is 2.52. The molecule has 0 aliphatic carbocycles. The van der Waals surface area contributed by atoms with Gasteiger partial charge in [0.1, 0.15) is 0 Å². The van der Waals surface area contributed by atoms with Crippen LogP contribution in [0.15, 0.2) is 30.3 Å². The van der Waals surface area contributed by atoms with E-state index in [1.165, 1.54) is 5.56 Å². The maximum Gasteiger partial charge on any atom is 0.317 e. The third-order valence-electron chi connectivity index (χ3n) is 5.70. The van der Waals surface area contributed by atoms with Crippen LogP contribution in [0.1, 0.15) is 18.4 Å². The maximum atomic E-state index is 12.7. The molecule has 1 N–H and O–H groups in total. The first kappa shape index (κ1) is 18.7. The molecule has 2 aliphatic rings. The van der Waals surface area contributed by atoms with Crippen LogP contribution in [0.3, 0.4) is 0 Å². The van der Waals surface area contributed by atoms with Crippen LogP contribution in [0, 0.1) is 11.3 Å². The molecule has 2 saturated heterocycles. The van der Waals surface area contributed by atoms with Crippen molar-refractivity contribution in [2.75, 3.05) is 46.9 Å². The molecule has 6 heteroatoms. The summed E-state index contributed by atoms with van der Waals surface area (Å²) >= 11 is 0. The number of benzene rings is 1. The summed E-state index contributed by atoms with van der Waals surface area (Å²) in [4.78, 5) is 28.8. The van der Waals surface area contributed by atoms with Gasteiger partial charge in [0.05, 0.1) is 5.92 Å². The van der Waals surface area contributed by atoms with Crippen LogP contribution < -0.4 is 5.32 Å². The predicted octanol–water partition coefficient (Wildman–Crippen LogP) is 1.76. The molecule has 0 aromatic heterocycles. The lowest BCUT2D eigenvalue weighted by molar-refractivity contribution is -0.138. The van der Waals surface area contributed by atoms with Gasteiger partial charge in [-0.25, -0.2) is 4.79 Å². The molecule has 0 saturated carbocycles. The molecular formula is C20H29N3O3. The minimum atomic E-state index is -0.142. The Labute approximate surface area is 155 Å². The van der Waals surface area contributed by atoms with Crippen LogP contribution in [-0.2, 0) is 16.0 Å². The molecule has 1 unspecified atom stereocenters. The third kappa shape index (κ3) is 4.01. The van der Waals surface area contributed by atoms with E-state index >= 15 is 0 Å². The summed E-state index contributed by atoms with van der Waals surface area (Å²) in [5.41, 5.74) is 1.06. The van der Waals surface area contributed by atoms with E-state index in [1.807, 2.05) is 23.1 Å². The zero-order valence-corrected chi connectivity index (χ0v) is 15.7. The molecule has 0 radical (unpaired) electrons. The van der Waals surface area contributed by atoms with Crippen LogP contribution >= 0.6 is 0 Å². The van der Waals surface area contributed by atoms with E-state index in [-0.39, 0.29) is 23.3 Å². The molecule has 1 aromatic carbocycles. The molecule has 2 heterocycles. The quantitative estimate of drug-likeness (QED) is 0.891. The first-order chi connectivity index (χ1) is 12.5. The van der Waals surface area contributed by atoms with E-state index < -0.39 is 0 Å². The molecule has 3 rings (SSSR count). The summed E-state index contributed by atoms with van der Waals surface area (Å²) in [6.07, 6.45) is 2.48. The summed E-state index contributed by atoms with van der Waals surface area (Å²) in [5, 5.41) is 3.01. The van der Waals surface area contributed by atoms with Crippen molar-refractivity contribution in [3.05, 3.63) is 35.9 Å². The van der Waals surface area contributed by atoms with Crippen molar-refractivity contribution in [1.82, 2.24) is 15.1 Å². The van der Waals surface area contributed by atoms with Gasteiger partial charge in [-0.3, -0.25) is 4.79 Å². The lowest BCUT2D eigenvalue weighted by Gasteiger charge is -2.37. The maximum absolute atomic E-state index is 12.7. The third-order valence-corrected chi connectivity index (χ3v) is 5.70. The van der Waals surface area contributed by atoms with E-state index in [9.17, 15) is 9.59 Å². The second kappa shape index (κ2) is 8.08. The van der Waals surface area contributed by atoms with Gasteiger partial charge in [0.15, 0.2) is 0 Å². The van der Waals surface area contributed by atoms with E-state index in [1.54, 1.807) is 19.0 Å². The number of carbonyl (C=O) groups is 2. The van der Waals surface area contributed by atoms with Gasteiger partial charge in [0.25, 0.3) is 0 Å². The molecule has 6 nitrogen and oxygen atoms in total. The van der Waals surface area contributed by atoms with E-state index in [0.717, 1.165) is 19.3 Å². The molecule has 3 amide bonds. The van der Waals surface area contributed by atoms with Crippen molar-refractivity contribution in [3.63, 3.8) is 0 Å². The number of amides is 3. The number of urea groups is 1. The lowest BCUT2D eigenvalue weighted by atomic mass is 9.71. The topological polar surface area (TPSA) is 61.9 Å². The fraction of sp³-hybridized carbons (Fsp3) is 0.600. The van der Waals surface area contributed by atoms with Crippen molar-refractivity contribution in [3.8, 4) is 0 Å². The van der Waals surface area contributed by atoms with Gasteiger partial charge >= 0.3 is 6.03 Å². The highest BCUT2D eigenvalue weighted by atomic mass is 16.5. The number of hydrogen-bond donors (Lipinski definition) is 1. The van der Waals surface area contributed by atoms with Gasteiger partial charge in [0, 0.05) is 52.4 Å². The summed E-state index contributed by atoms with van der Waals surface area (Å²) in [7, 11) is 3.58. The van der Waals surface area contributed by atoms with Gasteiger partial charge in [-0.1, -0.05) is 30.3 Å². The molecule has 2 aliphatic heterocycles. The van der Waals surface area contributed by atoms with Crippen molar-refractivity contribution in [2.24, 2.45) is 11.3 Å². The monoisotopic (exact) mass is 359 g/mol. The van der Waals surface area contributed by atoms with Crippen molar-refractivity contribution in [1.29, 1.82) is 0 Å². The molecule has 0 bridgehead atoms. The van der Waals surface area contributed by atoms with Crippen molar-refractivity contribution in [2.45, 2.75) is 19.3 Å². The highest BCUT2D eigenvalue weighted by Crippen LogP contribution is 2.44. The first-order valence-electron chi connectivity index (χ1n) is 9.37. The number of hydrogen-bond acceptors (Lipinski definition) is 3. The van der Waals surface area contributed by atoms with Crippen LogP contribution in [-0.4, -0.2) is 68.7 Å². The number of ether oxygens (including phenoxy) is 1. The zero-order chi connectivity index (χ0) is 18.6. The molecule has 2 fully saturated rings. The number of likely N-dealkylation sites (tertiary alicyclic amines) is 1. The van der Waals surface area contributed by atoms with Gasteiger partial charge in [-0.2, -0.15) is 0 Å². The number of nitrogens with one attached hydrogen (secondary N) is 1. The van der Waals surface area contributed by atoms with Crippen LogP contribution in [0.25, 0.3) is 0 Å². The Kier molecular flexibility index (Phi) is 5.81. The SMILES string of the molecule is CN(C)C(=O)C1CN(C(=O)NCCc2ccccc2)CC12CCOCC2. The Balaban J connectivity index is 1.61. The normalized spacial score (nSPS) is 21.6. The summed E-state index contributed by atoms with van der Waals surface area (Å²) in [6.45, 7) is 3.06. The molecule has 1 spiro atoms. The number of rotatable bonds is 4. The van der Waals surface area contributed by atoms with Crippen molar-refractivity contribution >= 4 is 11.9 Å². The van der Waals surface area contributed by atoms with Gasteiger partial charge < -0.3 is 19.9 Å². The predicted molar refractivity (Wildman–Crippen MR) is 99.8 cm³/mol. The summed E-state index contributed by atoms with van der Waals surface area (Å²) in [5.74, 6) is -0.0206. The largest absolute Gasteiger partial charge is 0.381 e. The van der Waals surface area contributed by atoms with E-state index in [0.29, 0.717) is 32.8 Å². The summed E-state index contributed by atoms with van der Waals surface area (Å²) in [6, 6.07) is 10.0. The fourth-order valence-corrected chi connectivity index (χ4v) is 4.13. The van der Waals surface area contributed by atoms with Crippen LogP contribution in [0.2, 0.25) is 0 Å². The summed E-state index contributed by atoms with van der Waals surface area (Å²) < 4.78 is 5.51. The highest BCUT2D eigenvalue weighted by molar-refractivity contribution is 5.82. The Morgan fingerprint density at radius 2 is 1.92 bits per heavy atom. The second-order valence-electron chi connectivity index (χ2n) is 7.61. The van der Waals surface area contributed by atoms with Gasteiger partial charge in [-0.15, -0.1) is 0 Å². The Bertz CT molecular complexity index is 626. The average molecular weight is 359 g/mol. The fourth-order valence-electron chi connectivity index (χ4n) is 4.13. The Morgan fingerprint density at radius 1 is 1.23 bits per heavy atom. The second-order valence-corrected chi connectivity index (χ2v) is 7.61. The molecule has 1 atom stereocenters. The minimum absolute atomic E-state index is 0.0687. The average Bonchev–Trinajstić information content (AvgIpc) is 3.01. The van der Waals surface area contributed by atoms with Crippen LogP contribution in [0.5, 0.6) is 0 Å². The van der Waals surface area contributed by atoms with E-state index in [4.69, 9.17) is 4.74 Å². The molecular weight excluding hydrogens is 330 g/mol. The van der Waals surface area contributed by atoms with Crippen LogP contribution in [0.4, 0.5) is 4.79 Å². The Hall–Kier alpha value is -2.08. The van der Waals surface area contributed by atoms with E-state index in [2.05, 4.69) is 17.4 Å². The molecule has 142 valence electrons. The van der Waals surface area contributed by atoms with Crippen molar-refractivity contribution < 1.29 is 14.3 Å². The van der Waals surface area contributed by atoms with Gasteiger partial charge in [-0.05, 0) is 24.8 Å². The number of carbonyl (C=O) groups excluding carboxylic acids is 2. The minimum Gasteiger partial charge on any atom is -0.381 e.